The Morgan fingerprint density at radius 2 is 1.89 bits per heavy atom. The summed E-state index contributed by atoms with van der Waals surface area (Å²) in [4.78, 5) is 12.1. The summed E-state index contributed by atoms with van der Waals surface area (Å²) < 4.78 is 4.55. The van der Waals surface area contributed by atoms with Gasteiger partial charge in [-0.1, -0.05) is 24.3 Å². The van der Waals surface area contributed by atoms with Gasteiger partial charge in [0.25, 0.3) is 6.47 Å². The van der Waals surface area contributed by atoms with Crippen LogP contribution in [0, 0.1) is 5.41 Å². The second kappa shape index (κ2) is 6.59. The summed E-state index contributed by atoms with van der Waals surface area (Å²) in [6, 6.07) is 10.7. The Morgan fingerprint density at radius 1 is 1.19 bits per heavy atom. The van der Waals surface area contributed by atoms with E-state index in [9.17, 15) is 4.79 Å². The fourth-order valence-corrected chi connectivity index (χ4v) is 5.70. The molecule has 0 radical (unpaired) electrons. The predicted octanol–water partition coefficient (Wildman–Crippen LogP) is 3.28. The predicted molar refractivity (Wildman–Crippen MR) is 108 cm³/mol. The molecule has 1 aliphatic heterocycles. The number of benzene rings is 1. The van der Waals surface area contributed by atoms with Gasteiger partial charge in [-0.15, -0.1) is 0 Å². The van der Waals surface area contributed by atoms with Gasteiger partial charge in [0.2, 0.25) is 0 Å². The van der Waals surface area contributed by atoms with Gasteiger partial charge in [-0.05, 0) is 76.5 Å². The van der Waals surface area contributed by atoms with Gasteiger partial charge in [0, 0.05) is 30.6 Å². The molecule has 27 heavy (non-hydrogen) atoms. The van der Waals surface area contributed by atoms with Gasteiger partial charge < -0.3 is 15.0 Å². The van der Waals surface area contributed by atoms with Crippen LogP contribution in [0.4, 0.5) is 0 Å². The standard InChI is InChI=1S/C18H24N2.C5H10O2/c1-20-11-17(12-20)8-14(9-17)19-16-10-18(16)7-6-13-4-2-3-5-15(13)18;1-5(2,3)7-4-6/h2-5,14,16,19H,6-12H2,1H3;4H,1-3H3. The number of likely N-dealkylation sites (tertiary alicyclic amines) is 1. The molecule has 2 unspecified atom stereocenters. The van der Waals surface area contributed by atoms with Crippen molar-refractivity contribution in [1.82, 2.24) is 10.2 Å². The minimum absolute atomic E-state index is 0.318. The Hall–Kier alpha value is -1.39. The SMILES string of the molecule is CC(C)(C)OC=O.CN1CC2(CC(NC3CC34CCc3ccccc34)C2)C1. The Balaban J connectivity index is 0.000000224. The molecule has 4 aliphatic rings. The highest BCUT2D eigenvalue weighted by Gasteiger charge is 2.60. The Bertz CT molecular complexity index is 697. The van der Waals surface area contributed by atoms with E-state index in [0.29, 0.717) is 17.3 Å². The smallest absolute Gasteiger partial charge is 0.293 e. The number of hydrogen-bond donors (Lipinski definition) is 1. The van der Waals surface area contributed by atoms with E-state index in [1.54, 1.807) is 11.1 Å². The quantitative estimate of drug-likeness (QED) is 0.829. The number of fused-ring (bicyclic) bond motifs is 2. The Labute approximate surface area is 163 Å². The molecule has 148 valence electrons. The summed E-state index contributed by atoms with van der Waals surface area (Å²) in [5.41, 5.74) is 4.19. The number of nitrogens with one attached hydrogen (secondary N) is 1. The maximum Gasteiger partial charge on any atom is 0.293 e. The van der Waals surface area contributed by atoms with Crippen molar-refractivity contribution >= 4 is 6.47 Å². The Kier molecular flexibility index (Phi) is 4.63. The number of nitrogens with zero attached hydrogens (tertiary/aromatic N) is 1. The van der Waals surface area contributed by atoms with E-state index in [0.717, 1.165) is 12.1 Å². The lowest BCUT2D eigenvalue weighted by molar-refractivity contribution is -0.138. The highest BCUT2D eigenvalue weighted by atomic mass is 16.5. The van der Waals surface area contributed by atoms with E-state index in [2.05, 4.69) is 46.3 Å². The average Bonchev–Trinajstić information content (AvgIpc) is 3.10. The van der Waals surface area contributed by atoms with Crippen LogP contribution in [0.25, 0.3) is 0 Å². The summed E-state index contributed by atoms with van der Waals surface area (Å²) in [5, 5.41) is 3.98. The first kappa shape index (κ1) is 18.9. The van der Waals surface area contributed by atoms with Gasteiger partial charge in [0.1, 0.15) is 5.60 Å². The molecule has 3 fully saturated rings. The first-order chi connectivity index (χ1) is 12.8. The zero-order valence-corrected chi connectivity index (χ0v) is 17.3. The van der Waals surface area contributed by atoms with Crippen molar-refractivity contribution in [2.75, 3.05) is 20.1 Å². The van der Waals surface area contributed by atoms with Crippen LogP contribution in [0.15, 0.2) is 24.3 Å². The molecular weight excluding hydrogens is 336 g/mol. The molecule has 2 atom stereocenters. The number of rotatable bonds is 3. The monoisotopic (exact) mass is 370 g/mol. The molecule has 4 heteroatoms. The van der Waals surface area contributed by atoms with Crippen molar-refractivity contribution < 1.29 is 9.53 Å². The van der Waals surface area contributed by atoms with E-state index in [-0.39, 0.29) is 5.60 Å². The molecule has 0 amide bonds. The molecule has 0 aromatic heterocycles. The molecule has 2 saturated carbocycles. The second-order valence-electron chi connectivity index (χ2n) is 10.3. The lowest BCUT2D eigenvalue weighted by atomic mass is 9.61. The number of carbonyl (C=O) groups excluding carboxylic acids is 1. The minimum Gasteiger partial charge on any atom is -0.462 e. The van der Waals surface area contributed by atoms with Gasteiger partial charge in [-0.25, -0.2) is 0 Å². The molecule has 2 spiro atoms. The van der Waals surface area contributed by atoms with Crippen LogP contribution in [0.5, 0.6) is 0 Å². The molecular formula is C23H34N2O2. The summed E-state index contributed by atoms with van der Waals surface area (Å²) in [6.45, 7) is 8.60. The van der Waals surface area contributed by atoms with Crippen LogP contribution in [0.3, 0.4) is 0 Å². The van der Waals surface area contributed by atoms with Gasteiger partial charge in [0.05, 0.1) is 0 Å². The number of aryl methyl sites for hydroxylation is 1. The topological polar surface area (TPSA) is 41.6 Å². The third-order valence-corrected chi connectivity index (χ3v) is 6.88. The Morgan fingerprint density at radius 3 is 2.48 bits per heavy atom. The zero-order valence-electron chi connectivity index (χ0n) is 17.3. The van der Waals surface area contributed by atoms with Crippen LogP contribution < -0.4 is 5.32 Å². The molecule has 4 nitrogen and oxygen atoms in total. The molecule has 1 heterocycles. The largest absolute Gasteiger partial charge is 0.462 e. The van der Waals surface area contributed by atoms with Gasteiger partial charge >= 0.3 is 0 Å². The molecule has 1 saturated heterocycles. The van der Waals surface area contributed by atoms with Crippen molar-refractivity contribution in [2.45, 2.75) is 76.0 Å². The third-order valence-electron chi connectivity index (χ3n) is 6.88. The molecule has 1 aromatic rings. The number of hydrogen-bond acceptors (Lipinski definition) is 4. The van der Waals surface area contributed by atoms with Gasteiger partial charge in [0.15, 0.2) is 0 Å². The average molecular weight is 371 g/mol. The van der Waals surface area contributed by atoms with Crippen LogP contribution in [-0.4, -0.2) is 49.2 Å². The summed E-state index contributed by atoms with van der Waals surface area (Å²) in [5.74, 6) is 0. The fraction of sp³-hybridized carbons (Fsp3) is 0.696. The van der Waals surface area contributed by atoms with Crippen molar-refractivity contribution in [3.63, 3.8) is 0 Å². The van der Waals surface area contributed by atoms with E-state index in [1.807, 2.05) is 20.8 Å². The molecule has 1 aromatic carbocycles. The van der Waals surface area contributed by atoms with Crippen molar-refractivity contribution in [2.24, 2.45) is 5.41 Å². The normalized spacial score (nSPS) is 30.7. The highest BCUT2D eigenvalue weighted by molar-refractivity contribution is 5.46. The molecule has 1 N–H and O–H groups in total. The van der Waals surface area contributed by atoms with E-state index >= 15 is 0 Å². The molecule has 0 bridgehead atoms. The van der Waals surface area contributed by atoms with Crippen LogP contribution in [-0.2, 0) is 21.4 Å². The number of carbonyl (C=O) groups is 1. The highest BCUT2D eigenvalue weighted by Crippen LogP contribution is 2.58. The second-order valence-corrected chi connectivity index (χ2v) is 10.3. The van der Waals surface area contributed by atoms with Crippen molar-refractivity contribution in [3.8, 4) is 0 Å². The summed E-state index contributed by atoms with van der Waals surface area (Å²) in [6.07, 6.45) is 6.91. The maximum atomic E-state index is 9.60. The van der Waals surface area contributed by atoms with Crippen LogP contribution in [0.2, 0.25) is 0 Å². The lowest BCUT2D eigenvalue weighted by Crippen LogP contribution is -2.65. The summed E-state index contributed by atoms with van der Waals surface area (Å²) >= 11 is 0. The van der Waals surface area contributed by atoms with Crippen LogP contribution in [0.1, 0.15) is 57.6 Å². The first-order valence-corrected chi connectivity index (χ1v) is 10.4. The van der Waals surface area contributed by atoms with Crippen molar-refractivity contribution in [3.05, 3.63) is 35.4 Å². The van der Waals surface area contributed by atoms with E-state index in [4.69, 9.17) is 0 Å². The van der Waals surface area contributed by atoms with E-state index in [1.165, 1.54) is 45.2 Å². The lowest BCUT2D eigenvalue weighted by Gasteiger charge is -2.58. The molecule has 5 rings (SSSR count). The van der Waals surface area contributed by atoms with E-state index < -0.39 is 0 Å². The van der Waals surface area contributed by atoms with Gasteiger partial charge in [-0.2, -0.15) is 0 Å². The van der Waals surface area contributed by atoms with Crippen molar-refractivity contribution in [1.29, 1.82) is 0 Å². The summed E-state index contributed by atoms with van der Waals surface area (Å²) in [7, 11) is 2.25. The number of ether oxygens (including phenoxy) is 1. The fourth-order valence-electron chi connectivity index (χ4n) is 5.70. The van der Waals surface area contributed by atoms with Crippen LogP contribution >= 0.6 is 0 Å². The zero-order chi connectivity index (χ0) is 19.3. The maximum absolute atomic E-state index is 9.60. The van der Waals surface area contributed by atoms with Gasteiger partial charge in [-0.3, -0.25) is 4.79 Å². The first-order valence-electron chi connectivity index (χ1n) is 10.4. The molecule has 3 aliphatic carbocycles. The third kappa shape index (κ3) is 3.66. The minimum atomic E-state index is -0.318.